The lowest BCUT2D eigenvalue weighted by molar-refractivity contribution is 0.292. The molecule has 2 N–H and O–H groups in total. The van der Waals surface area contributed by atoms with E-state index in [-0.39, 0.29) is 0 Å². The smallest absolute Gasteiger partial charge is 0.145 e. The number of rotatable bonds is 4. The molecule has 19 heavy (non-hydrogen) atoms. The summed E-state index contributed by atoms with van der Waals surface area (Å²) < 4.78 is 7.50. The number of hydrogen-bond acceptors (Lipinski definition) is 3. The Morgan fingerprint density at radius 3 is 2.68 bits per heavy atom. The SMILES string of the molecule is Nc1ccn(CCOc2ccc3ccccc3c2)n1. The Morgan fingerprint density at radius 1 is 1.05 bits per heavy atom. The van der Waals surface area contributed by atoms with Crippen molar-refractivity contribution in [1.29, 1.82) is 0 Å². The number of nitrogens with two attached hydrogens (primary N) is 1. The van der Waals surface area contributed by atoms with Gasteiger partial charge in [0.1, 0.15) is 18.2 Å². The van der Waals surface area contributed by atoms with Gasteiger partial charge in [0, 0.05) is 6.20 Å². The molecule has 3 rings (SSSR count). The third-order valence-electron chi connectivity index (χ3n) is 2.97. The van der Waals surface area contributed by atoms with Gasteiger partial charge in [-0.15, -0.1) is 0 Å². The van der Waals surface area contributed by atoms with E-state index in [2.05, 4.69) is 23.3 Å². The Labute approximate surface area is 111 Å². The van der Waals surface area contributed by atoms with Crippen molar-refractivity contribution in [3.8, 4) is 5.75 Å². The van der Waals surface area contributed by atoms with Crippen molar-refractivity contribution in [2.45, 2.75) is 6.54 Å². The van der Waals surface area contributed by atoms with Gasteiger partial charge in [-0.2, -0.15) is 5.10 Å². The summed E-state index contributed by atoms with van der Waals surface area (Å²) in [4.78, 5) is 0. The fourth-order valence-corrected chi connectivity index (χ4v) is 2.02. The van der Waals surface area contributed by atoms with Gasteiger partial charge < -0.3 is 10.5 Å². The number of fused-ring (bicyclic) bond motifs is 1. The predicted octanol–water partition coefficient (Wildman–Crippen LogP) is 2.70. The number of hydrogen-bond donors (Lipinski definition) is 1. The largest absolute Gasteiger partial charge is 0.492 e. The molecule has 0 fully saturated rings. The average molecular weight is 253 g/mol. The van der Waals surface area contributed by atoms with Gasteiger partial charge in [0.2, 0.25) is 0 Å². The Morgan fingerprint density at radius 2 is 1.89 bits per heavy atom. The summed E-state index contributed by atoms with van der Waals surface area (Å²) in [6, 6.07) is 16.1. The first-order valence-corrected chi connectivity index (χ1v) is 6.22. The van der Waals surface area contributed by atoms with Crippen molar-refractivity contribution in [2.75, 3.05) is 12.3 Å². The lowest BCUT2D eigenvalue weighted by Crippen LogP contribution is -2.08. The van der Waals surface area contributed by atoms with Crippen LogP contribution in [-0.4, -0.2) is 16.4 Å². The molecular weight excluding hydrogens is 238 g/mol. The number of anilines is 1. The Balaban J connectivity index is 1.65. The molecule has 0 radical (unpaired) electrons. The maximum Gasteiger partial charge on any atom is 0.145 e. The number of ether oxygens (including phenoxy) is 1. The van der Waals surface area contributed by atoms with Crippen molar-refractivity contribution in [1.82, 2.24) is 9.78 Å². The highest BCUT2D eigenvalue weighted by Crippen LogP contribution is 2.20. The van der Waals surface area contributed by atoms with E-state index in [4.69, 9.17) is 10.5 Å². The molecule has 3 aromatic rings. The second-order valence-electron chi connectivity index (χ2n) is 4.36. The fraction of sp³-hybridized carbons (Fsp3) is 0.133. The minimum Gasteiger partial charge on any atom is -0.492 e. The van der Waals surface area contributed by atoms with Crippen LogP contribution in [0.2, 0.25) is 0 Å². The molecule has 0 aliphatic carbocycles. The summed E-state index contributed by atoms with van der Waals surface area (Å²) >= 11 is 0. The zero-order valence-corrected chi connectivity index (χ0v) is 10.5. The zero-order chi connectivity index (χ0) is 13.1. The molecule has 0 spiro atoms. The maximum absolute atomic E-state index is 5.73. The van der Waals surface area contributed by atoms with Crippen LogP contribution in [0, 0.1) is 0 Å². The first-order chi connectivity index (χ1) is 9.31. The zero-order valence-electron chi connectivity index (χ0n) is 10.5. The first-order valence-electron chi connectivity index (χ1n) is 6.22. The van der Waals surface area contributed by atoms with E-state index < -0.39 is 0 Å². The van der Waals surface area contributed by atoms with Gasteiger partial charge in [-0.05, 0) is 29.0 Å². The Bertz CT molecular complexity index is 690. The van der Waals surface area contributed by atoms with Crippen LogP contribution in [0.15, 0.2) is 54.7 Å². The molecule has 96 valence electrons. The molecule has 1 aromatic heterocycles. The molecule has 4 heteroatoms. The summed E-state index contributed by atoms with van der Waals surface area (Å²) in [7, 11) is 0. The van der Waals surface area contributed by atoms with Crippen LogP contribution in [0.4, 0.5) is 5.82 Å². The van der Waals surface area contributed by atoms with Gasteiger partial charge in [0.15, 0.2) is 0 Å². The van der Waals surface area contributed by atoms with Crippen molar-refractivity contribution in [3.05, 3.63) is 54.7 Å². The molecule has 0 aliphatic rings. The monoisotopic (exact) mass is 253 g/mol. The molecule has 1 heterocycles. The van der Waals surface area contributed by atoms with Gasteiger partial charge in [-0.25, -0.2) is 0 Å². The van der Waals surface area contributed by atoms with E-state index in [1.54, 1.807) is 10.7 Å². The lowest BCUT2D eigenvalue weighted by Gasteiger charge is -2.07. The minimum atomic E-state index is 0.533. The van der Waals surface area contributed by atoms with Crippen LogP contribution < -0.4 is 10.5 Å². The third kappa shape index (κ3) is 2.68. The molecule has 4 nitrogen and oxygen atoms in total. The van der Waals surface area contributed by atoms with Gasteiger partial charge in [-0.1, -0.05) is 30.3 Å². The minimum absolute atomic E-state index is 0.533. The van der Waals surface area contributed by atoms with Gasteiger partial charge >= 0.3 is 0 Å². The van der Waals surface area contributed by atoms with E-state index >= 15 is 0 Å². The van der Waals surface area contributed by atoms with Gasteiger partial charge in [0.25, 0.3) is 0 Å². The number of nitrogens with zero attached hydrogens (tertiary/aromatic N) is 2. The second kappa shape index (κ2) is 5.02. The summed E-state index contributed by atoms with van der Waals surface area (Å²) in [5, 5.41) is 6.51. The van der Waals surface area contributed by atoms with Crippen LogP contribution in [-0.2, 0) is 6.54 Å². The number of aromatic nitrogens is 2. The van der Waals surface area contributed by atoms with Crippen LogP contribution in [0.25, 0.3) is 10.8 Å². The molecular formula is C15H15N3O. The summed E-state index contributed by atoms with van der Waals surface area (Å²) in [6.07, 6.45) is 1.85. The highest BCUT2D eigenvalue weighted by Gasteiger charge is 1.98. The van der Waals surface area contributed by atoms with Crippen molar-refractivity contribution in [3.63, 3.8) is 0 Å². The summed E-state index contributed by atoms with van der Waals surface area (Å²) in [5.41, 5.74) is 5.55. The first kappa shape index (κ1) is 11.6. The van der Waals surface area contributed by atoms with Crippen LogP contribution in [0.1, 0.15) is 0 Å². The Hall–Kier alpha value is -2.49. The highest BCUT2D eigenvalue weighted by molar-refractivity contribution is 5.83. The molecule has 0 aliphatic heterocycles. The van der Waals surface area contributed by atoms with E-state index in [1.165, 1.54) is 10.8 Å². The molecule has 0 saturated heterocycles. The quantitative estimate of drug-likeness (QED) is 0.777. The van der Waals surface area contributed by atoms with E-state index in [0.717, 1.165) is 5.75 Å². The van der Waals surface area contributed by atoms with Crippen molar-refractivity contribution in [2.24, 2.45) is 0 Å². The molecule has 0 bridgehead atoms. The second-order valence-corrected chi connectivity index (χ2v) is 4.36. The summed E-state index contributed by atoms with van der Waals surface area (Å²) in [5.74, 6) is 1.41. The molecule has 0 amide bonds. The molecule has 2 aromatic carbocycles. The topological polar surface area (TPSA) is 53.1 Å². The molecule has 0 atom stereocenters. The van der Waals surface area contributed by atoms with Crippen molar-refractivity contribution < 1.29 is 4.74 Å². The average Bonchev–Trinajstić information content (AvgIpc) is 2.84. The number of nitrogen functional groups attached to an aromatic ring is 1. The molecule has 0 saturated carbocycles. The predicted molar refractivity (Wildman–Crippen MR) is 76.1 cm³/mol. The standard InChI is InChI=1S/C15H15N3O/c16-15-7-8-18(17-15)9-10-19-14-6-5-12-3-1-2-4-13(12)11-14/h1-8,11H,9-10H2,(H2,16,17). The van der Waals surface area contributed by atoms with E-state index in [0.29, 0.717) is 19.0 Å². The summed E-state index contributed by atoms with van der Waals surface area (Å²) in [6.45, 7) is 1.25. The Kier molecular flexibility index (Phi) is 3.06. The van der Waals surface area contributed by atoms with Crippen LogP contribution in [0.3, 0.4) is 0 Å². The van der Waals surface area contributed by atoms with E-state index in [9.17, 15) is 0 Å². The van der Waals surface area contributed by atoms with E-state index in [1.807, 2.05) is 30.5 Å². The van der Waals surface area contributed by atoms with Crippen LogP contribution >= 0.6 is 0 Å². The van der Waals surface area contributed by atoms with Gasteiger partial charge in [0.05, 0.1) is 6.54 Å². The lowest BCUT2D eigenvalue weighted by atomic mass is 10.1. The fourth-order valence-electron chi connectivity index (χ4n) is 2.02. The molecule has 0 unspecified atom stereocenters. The highest BCUT2D eigenvalue weighted by atomic mass is 16.5. The third-order valence-corrected chi connectivity index (χ3v) is 2.97. The number of benzene rings is 2. The van der Waals surface area contributed by atoms with Gasteiger partial charge in [-0.3, -0.25) is 4.68 Å². The maximum atomic E-state index is 5.73. The van der Waals surface area contributed by atoms with Crippen molar-refractivity contribution >= 4 is 16.6 Å². The normalized spacial score (nSPS) is 10.7. The van der Waals surface area contributed by atoms with Crippen LogP contribution in [0.5, 0.6) is 5.75 Å².